The smallest absolute Gasteiger partial charge is 0.283 e. The average molecular weight is 398 g/mol. The second kappa shape index (κ2) is 6.60. The predicted molar refractivity (Wildman–Crippen MR) is 101 cm³/mol. The highest BCUT2D eigenvalue weighted by Crippen LogP contribution is 2.43. The fourth-order valence-electron chi connectivity index (χ4n) is 3.43. The highest BCUT2D eigenvalue weighted by atomic mass is 19.1. The Hall–Kier alpha value is -3.38. The number of aliphatic imine (C=N–C) groups is 1. The van der Waals surface area contributed by atoms with E-state index in [0.29, 0.717) is 18.9 Å². The fourth-order valence-corrected chi connectivity index (χ4v) is 3.43. The largest absolute Gasteiger partial charge is 0.494 e. The zero-order valence-corrected chi connectivity index (χ0v) is 15.8. The molecule has 0 aromatic carbocycles. The van der Waals surface area contributed by atoms with Crippen molar-refractivity contribution in [3.63, 3.8) is 0 Å². The molecule has 4 N–H and O–H groups in total. The number of carbonyl (C=O) groups is 1. The van der Waals surface area contributed by atoms with Gasteiger partial charge in [0.2, 0.25) is 0 Å². The quantitative estimate of drug-likeness (QED) is 0.632. The molecule has 9 heteroatoms. The number of aliphatic hydroxyl groups is 1. The standard InChI is InChI=1S/C20H19FN4O4/c1-11-7-15(25-29-11)19(2,27)5-3-12-4-6-20-13(9-23-18(24-20)17(22)26)10-28-16(20)8-14(12)21/h4,6-8,13,27H,9-10H2,1-2H3,(H2,22,26)(H,23,24)/t13?,19-,20?/m1/s1. The molecule has 1 aromatic rings. The van der Waals surface area contributed by atoms with Crippen LogP contribution in [0.1, 0.15) is 18.4 Å². The predicted octanol–water partition coefficient (Wildman–Crippen LogP) is 0.743. The van der Waals surface area contributed by atoms with Gasteiger partial charge in [-0.3, -0.25) is 4.79 Å². The van der Waals surface area contributed by atoms with Crippen LogP contribution in [0.25, 0.3) is 0 Å². The Kier molecular flexibility index (Phi) is 4.31. The van der Waals surface area contributed by atoms with Crippen LogP contribution in [0.4, 0.5) is 4.39 Å². The molecule has 8 nitrogen and oxygen atoms in total. The van der Waals surface area contributed by atoms with Crippen molar-refractivity contribution in [3.8, 4) is 11.8 Å². The SMILES string of the molecule is Cc1cc([C@](C)(O)C#CC2=C(F)C=C3OCC4CNC(C(N)=O)=NC34C=C2)no1. The number of carbonyl (C=O) groups excluding carboxylic acids is 1. The van der Waals surface area contributed by atoms with Gasteiger partial charge in [-0.25, -0.2) is 9.38 Å². The highest BCUT2D eigenvalue weighted by molar-refractivity contribution is 6.37. The Morgan fingerprint density at radius 1 is 1.55 bits per heavy atom. The number of hydrogen-bond donors (Lipinski definition) is 3. The number of amides is 1. The molecule has 2 unspecified atom stereocenters. The van der Waals surface area contributed by atoms with Gasteiger partial charge < -0.3 is 25.4 Å². The van der Waals surface area contributed by atoms with Crippen LogP contribution in [-0.4, -0.2) is 40.7 Å². The van der Waals surface area contributed by atoms with Gasteiger partial charge in [0.15, 0.2) is 11.4 Å². The van der Waals surface area contributed by atoms with Crippen molar-refractivity contribution in [1.82, 2.24) is 10.5 Å². The summed E-state index contributed by atoms with van der Waals surface area (Å²) in [6.45, 7) is 3.87. The number of amidine groups is 1. The van der Waals surface area contributed by atoms with E-state index in [9.17, 15) is 14.3 Å². The number of rotatable bonds is 2. The van der Waals surface area contributed by atoms with E-state index in [1.165, 1.54) is 19.1 Å². The zero-order chi connectivity index (χ0) is 20.8. The molecule has 1 spiro atoms. The summed E-state index contributed by atoms with van der Waals surface area (Å²) in [7, 11) is 0. The van der Waals surface area contributed by atoms with E-state index in [4.69, 9.17) is 15.0 Å². The minimum atomic E-state index is -1.63. The van der Waals surface area contributed by atoms with E-state index in [1.54, 1.807) is 19.1 Å². The third kappa shape index (κ3) is 3.21. The molecule has 150 valence electrons. The van der Waals surface area contributed by atoms with Crippen LogP contribution in [0, 0.1) is 24.7 Å². The lowest BCUT2D eigenvalue weighted by Crippen LogP contribution is -2.51. The van der Waals surface area contributed by atoms with E-state index >= 15 is 0 Å². The number of nitrogens with zero attached hydrogens (tertiary/aromatic N) is 2. The van der Waals surface area contributed by atoms with E-state index in [2.05, 4.69) is 27.3 Å². The first-order valence-electron chi connectivity index (χ1n) is 8.98. The van der Waals surface area contributed by atoms with Crippen molar-refractivity contribution in [3.05, 3.63) is 52.9 Å². The molecule has 29 heavy (non-hydrogen) atoms. The molecule has 3 aliphatic rings. The summed E-state index contributed by atoms with van der Waals surface area (Å²) in [6.07, 6.45) is 4.35. The molecule has 1 aromatic heterocycles. The topological polar surface area (TPSA) is 123 Å². The molecule has 3 atom stereocenters. The molecular formula is C20H19FN4O4. The van der Waals surface area contributed by atoms with E-state index in [0.717, 1.165) is 0 Å². The zero-order valence-electron chi connectivity index (χ0n) is 15.8. The lowest BCUT2D eigenvalue weighted by Gasteiger charge is -2.31. The first-order chi connectivity index (χ1) is 13.7. The van der Waals surface area contributed by atoms with Gasteiger partial charge in [-0.05, 0) is 26.0 Å². The second-order valence-electron chi connectivity index (χ2n) is 7.29. The van der Waals surface area contributed by atoms with Crippen LogP contribution in [-0.2, 0) is 15.1 Å². The van der Waals surface area contributed by atoms with Crippen molar-refractivity contribution in [2.75, 3.05) is 13.2 Å². The lowest BCUT2D eigenvalue weighted by molar-refractivity contribution is -0.112. The number of allylic oxidation sites excluding steroid dienone is 4. The molecule has 1 aliphatic carbocycles. The fraction of sp³-hybridized carbons (Fsp3) is 0.350. The Labute approximate surface area is 166 Å². The lowest BCUT2D eigenvalue weighted by atomic mass is 9.83. The van der Waals surface area contributed by atoms with Gasteiger partial charge in [0, 0.05) is 24.6 Å². The minimum Gasteiger partial charge on any atom is -0.494 e. The van der Waals surface area contributed by atoms with Crippen LogP contribution in [0.2, 0.25) is 0 Å². The van der Waals surface area contributed by atoms with Gasteiger partial charge in [0.1, 0.15) is 28.6 Å². The summed E-state index contributed by atoms with van der Waals surface area (Å²) in [5.74, 6) is 4.63. The Balaban J connectivity index is 1.72. The minimum absolute atomic E-state index is 0.0153. The Bertz CT molecular complexity index is 1070. The molecule has 1 fully saturated rings. The van der Waals surface area contributed by atoms with Crippen molar-refractivity contribution >= 4 is 11.7 Å². The number of ether oxygens (including phenoxy) is 1. The third-order valence-corrected chi connectivity index (χ3v) is 5.09. The van der Waals surface area contributed by atoms with Gasteiger partial charge >= 0.3 is 0 Å². The number of aryl methyl sites for hydroxylation is 1. The van der Waals surface area contributed by atoms with E-state index in [-0.39, 0.29) is 28.8 Å². The number of halogens is 1. The van der Waals surface area contributed by atoms with Gasteiger partial charge in [0.05, 0.1) is 12.2 Å². The summed E-state index contributed by atoms with van der Waals surface area (Å²) in [5, 5.41) is 17.2. The molecule has 1 amide bonds. The van der Waals surface area contributed by atoms with Crippen LogP contribution in [0.3, 0.4) is 0 Å². The molecule has 0 radical (unpaired) electrons. The van der Waals surface area contributed by atoms with Crippen LogP contribution in [0.5, 0.6) is 0 Å². The number of hydrogen-bond acceptors (Lipinski definition) is 7. The number of nitrogens with two attached hydrogens (primary N) is 1. The molecule has 0 bridgehead atoms. The monoisotopic (exact) mass is 398 g/mol. The van der Waals surface area contributed by atoms with Gasteiger partial charge in [-0.1, -0.05) is 17.0 Å². The Morgan fingerprint density at radius 3 is 3.03 bits per heavy atom. The number of nitrogens with one attached hydrogen (secondary N) is 1. The van der Waals surface area contributed by atoms with Crippen molar-refractivity contribution in [2.24, 2.45) is 16.6 Å². The number of primary amides is 1. The maximum absolute atomic E-state index is 14.8. The molecule has 1 saturated heterocycles. The summed E-state index contributed by atoms with van der Waals surface area (Å²) >= 11 is 0. The van der Waals surface area contributed by atoms with Crippen LogP contribution in [0.15, 0.2) is 51.0 Å². The summed E-state index contributed by atoms with van der Waals surface area (Å²) in [4.78, 5) is 16.0. The van der Waals surface area contributed by atoms with Crippen molar-refractivity contribution in [2.45, 2.75) is 25.0 Å². The van der Waals surface area contributed by atoms with E-state index in [1.807, 2.05) is 0 Å². The molecule has 0 saturated carbocycles. The maximum Gasteiger partial charge on any atom is 0.283 e. The molecular weight excluding hydrogens is 379 g/mol. The summed E-state index contributed by atoms with van der Waals surface area (Å²) < 4.78 is 25.5. The average Bonchev–Trinajstić information content (AvgIpc) is 3.23. The number of aromatic nitrogens is 1. The summed E-state index contributed by atoms with van der Waals surface area (Å²) in [5.41, 5.74) is 2.97. The normalized spacial score (nSPS) is 27.1. The second-order valence-corrected chi connectivity index (χ2v) is 7.29. The first-order valence-corrected chi connectivity index (χ1v) is 8.98. The maximum atomic E-state index is 14.8. The van der Waals surface area contributed by atoms with E-state index < -0.39 is 22.9 Å². The van der Waals surface area contributed by atoms with Crippen molar-refractivity contribution < 1.29 is 23.6 Å². The molecule has 3 heterocycles. The molecule has 2 aliphatic heterocycles. The van der Waals surface area contributed by atoms with Crippen LogP contribution < -0.4 is 11.1 Å². The van der Waals surface area contributed by atoms with Gasteiger partial charge in [0.25, 0.3) is 5.91 Å². The van der Waals surface area contributed by atoms with Crippen molar-refractivity contribution in [1.29, 1.82) is 0 Å². The Morgan fingerprint density at radius 2 is 2.34 bits per heavy atom. The third-order valence-electron chi connectivity index (χ3n) is 5.09. The van der Waals surface area contributed by atoms with Gasteiger partial charge in [-0.15, -0.1) is 0 Å². The van der Waals surface area contributed by atoms with Crippen LogP contribution >= 0.6 is 0 Å². The summed E-state index contributed by atoms with van der Waals surface area (Å²) in [6, 6.07) is 1.56. The highest BCUT2D eigenvalue weighted by Gasteiger charge is 2.50. The molecule has 4 rings (SSSR count). The first kappa shape index (κ1) is 19.0. The van der Waals surface area contributed by atoms with Gasteiger partial charge in [-0.2, -0.15) is 0 Å².